The Balaban J connectivity index is 2.20. The lowest BCUT2D eigenvalue weighted by Gasteiger charge is -2.08. The molecule has 0 amide bonds. The summed E-state index contributed by atoms with van der Waals surface area (Å²) in [4.78, 5) is 11.5. The summed E-state index contributed by atoms with van der Waals surface area (Å²) in [6.07, 6.45) is 0.222. The van der Waals surface area contributed by atoms with Crippen LogP contribution in [0.25, 0.3) is 0 Å². The molecule has 0 aliphatic heterocycles. The van der Waals surface area contributed by atoms with Crippen molar-refractivity contribution in [2.24, 2.45) is 0 Å². The normalized spacial score (nSPS) is 10.9. The molecule has 4 heteroatoms. The van der Waals surface area contributed by atoms with Gasteiger partial charge < -0.3 is 9.47 Å². The number of carbonyl (C=O) groups excluding carboxylic acids is 1. The molecule has 0 atom stereocenters. The third kappa shape index (κ3) is 5.89. The lowest BCUT2D eigenvalue weighted by molar-refractivity contribution is -0.123. The van der Waals surface area contributed by atoms with Gasteiger partial charge in [-0.15, -0.1) is 0 Å². The van der Waals surface area contributed by atoms with E-state index in [2.05, 4.69) is 0 Å². The van der Waals surface area contributed by atoms with Crippen molar-refractivity contribution in [2.75, 3.05) is 19.8 Å². The van der Waals surface area contributed by atoms with Crippen LogP contribution in [0.4, 0.5) is 4.39 Å². The Hall–Kier alpha value is -1.26. The monoisotopic (exact) mass is 254 g/mol. The Morgan fingerprint density at radius 2 is 2.00 bits per heavy atom. The minimum Gasteiger partial charge on any atom is -0.376 e. The second-order valence-corrected chi connectivity index (χ2v) is 4.28. The highest BCUT2D eigenvalue weighted by Crippen LogP contribution is 2.07. The van der Waals surface area contributed by atoms with Gasteiger partial charge in [0.05, 0.1) is 19.3 Å². The zero-order chi connectivity index (χ0) is 13.4. The maximum Gasteiger partial charge on any atom is 0.162 e. The van der Waals surface area contributed by atoms with Crippen LogP contribution in [0.5, 0.6) is 0 Å². The van der Waals surface area contributed by atoms with Crippen LogP contribution < -0.4 is 0 Å². The van der Waals surface area contributed by atoms with E-state index in [-0.39, 0.29) is 30.7 Å². The molecular weight excluding hydrogens is 235 g/mol. The largest absolute Gasteiger partial charge is 0.376 e. The van der Waals surface area contributed by atoms with Crippen molar-refractivity contribution in [2.45, 2.75) is 26.4 Å². The van der Waals surface area contributed by atoms with Crippen LogP contribution >= 0.6 is 0 Å². The Morgan fingerprint density at radius 3 is 2.67 bits per heavy atom. The summed E-state index contributed by atoms with van der Waals surface area (Å²) in [5, 5.41) is 0. The second kappa shape index (κ2) is 7.95. The van der Waals surface area contributed by atoms with Gasteiger partial charge in [0.1, 0.15) is 12.4 Å². The molecule has 1 rings (SSSR count). The van der Waals surface area contributed by atoms with E-state index in [1.54, 1.807) is 18.2 Å². The molecule has 0 aliphatic carbocycles. The SMILES string of the molecule is CC(C)OCCOCC(=O)Cc1ccccc1F. The van der Waals surface area contributed by atoms with Crippen LogP contribution in [0, 0.1) is 5.82 Å². The highest BCUT2D eigenvalue weighted by Gasteiger charge is 2.07. The Labute approximate surface area is 107 Å². The minimum atomic E-state index is -0.353. The molecule has 0 N–H and O–H groups in total. The fourth-order valence-electron chi connectivity index (χ4n) is 1.43. The number of benzene rings is 1. The van der Waals surface area contributed by atoms with Gasteiger partial charge in [-0.05, 0) is 25.5 Å². The highest BCUT2D eigenvalue weighted by molar-refractivity contribution is 5.82. The number of ether oxygens (including phenoxy) is 2. The number of rotatable bonds is 8. The quantitative estimate of drug-likeness (QED) is 0.668. The van der Waals surface area contributed by atoms with Crippen LogP contribution in [-0.4, -0.2) is 31.7 Å². The molecule has 0 radical (unpaired) electrons. The van der Waals surface area contributed by atoms with Crippen molar-refractivity contribution in [1.82, 2.24) is 0 Å². The van der Waals surface area contributed by atoms with Crippen LogP contribution in [0.2, 0.25) is 0 Å². The smallest absolute Gasteiger partial charge is 0.162 e. The van der Waals surface area contributed by atoms with Crippen LogP contribution in [0.15, 0.2) is 24.3 Å². The van der Waals surface area contributed by atoms with Crippen molar-refractivity contribution in [3.05, 3.63) is 35.6 Å². The van der Waals surface area contributed by atoms with Gasteiger partial charge in [0.2, 0.25) is 0 Å². The molecule has 0 heterocycles. The molecule has 1 aromatic carbocycles. The summed E-state index contributed by atoms with van der Waals surface area (Å²) < 4.78 is 23.7. The molecule has 0 saturated carbocycles. The molecule has 18 heavy (non-hydrogen) atoms. The highest BCUT2D eigenvalue weighted by atomic mass is 19.1. The molecule has 0 saturated heterocycles. The number of Topliss-reactive ketones (excluding diaryl/α,β-unsaturated/α-hetero) is 1. The van der Waals surface area contributed by atoms with Crippen molar-refractivity contribution < 1.29 is 18.7 Å². The fourth-order valence-corrected chi connectivity index (χ4v) is 1.43. The van der Waals surface area contributed by atoms with Gasteiger partial charge in [-0.1, -0.05) is 18.2 Å². The average Bonchev–Trinajstić information content (AvgIpc) is 2.31. The topological polar surface area (TPSA) is 35.5 Å². The lowest BCUT2D eigenvalue weighted by atomic mass is 10.1. The van der Waals surface area contributed by atoms with Crippen LogP contribution in [0.1, 0.15) is 19.4 Å². The second-order valence-electron chi connectivity index (χ2n) is 4.28. The molecular formula is C14H19FO3. The molecule has 0 fully saturated rings. The van der Waals surface area contributed by atoms with Crippen molar-refractivity contribution in [1.29, 1.82) is 0 Å². The van der Waals surface area contributed by atoms with Gasteiger partial charge in [-0.25, -0.2) is 4.39 Å². The number of ketones is 1. The van der Waals surface area contributed by atoms with Gasteiger partial charge in [-0.2, -0.15) is 0 Å². The van der Waals surface area contributed by atoms with E-state index in [0.717, 1.165) is 0 Å². The van der Waals surface area contributed by atoms with Gasteiger partial charge in [0.15, 0.2) is 5.78 Å². The zero-order valence-corrected chi connectivity index (χ0v) is 10.8. The Morgan fingerprint density at radius 1 is 1.28 bits per heavy atom. The number of hydrogen-bond acceptors (Lipinski definition) is 3. The number of hydrogen-bond donors (Lipinski definition) is 0. The first-order chi connectivity index (χ1) is 8.59. The van der Waals surface area contributed by atoms with Crippen molar-refractivity contribution in [3.8, 4) is 0 Å². The third-order valence-electron chi connectivity index (χ3n) is 2.29. The third-order valence-corrected chi connectivity index (χ3v) is 2.29. The predicted molar refractivity (Wildman–Crippen MR) is 67.0 cm³/mol. The summed E-state index contributed by atoms with van der Waals surface area (Å²) in [6, 6.07) is 6.27. The molecule has 0 bridgehead atoms. The first-order valence-electron chi connectivity index (χ1n) is 6.04. The van der Waals surface area contributed by atoms with E-state index in [0.29, 0.717) is 18.8 Å². The maximum absolute atomic E-state index is 13.3. The molecule has 0 aromatic heterocycles. The van der Waals surface area contributed by atoms with Gasteiger partial charge in [0.25, 0.3) is 0 Å². The summed E-state index contributed by atoms with van der Waals surface area (Å²) in [6.45, 7) is 4.70. The first kappa shape index (κ1) is 14.8. The fraction of sp³-hybridized carbons (Fsp3) is 0.500. The molecule has 0 spiro atoms. The summed E-state index contributed by atoms with van der Waals surface area (Å²) in [5.41, 5.74) is 0.407. The van der Waals surface area contributed by atoms with Gasteiger partial charge in [0, 0.05) is 6.42 Å². The Kier molecular flexibility index (Phi) is 6.54. The molecule has 0 unspecified atom stereocenters. The standard InChI is InChI=1S/C14H19FO3/c1-11(2)18-8-7-17-10-13(16)9-12-5-3-4-6-14(12)15/h3-6,11H,7-10H2,1-2H3. The van der Waals surface area contributed by atoms with E-state index in [4.69, 9.17) is 9.47 Å². The number of halogens is 1. The summed E-state index contributed by atoms with van der Waals surface area (Å²) in [7, 11) is 0. The molecule has 3 nitrogen and oxygen atoms in total. The predicted octanol–water partition coefficient (Wildman–Crippen LogP) is 2.38. The number of carbonyl (C=O) groups is 1. The maximum atomic E-state index is 13.3. The van der Waals surface area contributed by atoms with E-state index in [9.17, 15) is 9.18 Å². The van der Waals surface area contributed by atoms with Crippen molar-refractivity contribution in [3.63, 3.8) is 0 Å². The molecule has 0 aliphatic rings. The summed E-state index contributed by atoms with van der Waals surface area (Å²) in [5.74, 6) is -0.487. The lowest BCUT2D eigenvalue weighted by Crippen LogP contribution is -2.16. The summed E-state index contributed by atoms with van der Waals surface area (Å²) >= 11 is 0. The van der Waals surface area contributed by atoms with Gasteiger partial charge >= 0.3 is 0 Å². The Bertz CT molecular complexity index is 377. The average molecular weight is 254 g/mol. The van der Waals surface area contributed by atoms with E-state index >= 15 is 0 Å². The van der Waals surface area contributed by atoms with E-state index in [1.807, 2.05) is 13.8 Å². The molecule has 100 valence electrons. The van der Waals surface area contributed by atoms with E-state index in [1.165, 1.54) is 6.07 Å². The van der Waals surface area contributed by atoms with Crippen molar-refractivity contribution >= 4 is 5.78 Å². The molecule has 1 aromatic rings. The van der Waals surface area contributed by atoms with Crippen LogP contribution in [-0.2, 0) is 20.7 Å². The zero-order valence-electron chi connectivity index (χ0n) is 10.8. The van der Waals surface area contributed by atoms with Gasteiger partial charge in [-0.3, -0.25) is 4.79 Å². The first-order valence-corrected chi connectivity index (χ1v) is 6.04. The van der Waals surface area contributed by atoms with E-state index < -0.39 is 0 Å². The van der Waals surface area contributed by atoms with Crippen LogP contribution in [0.3, 0.4) is 0 Å². The minimum absolute atomic E-state index is 0.00418.